The Morgan fingerprint density at radius 2 is 2.09 bits per heavy atom. The Balaban J connectivity index is 2.04. The van der Waals surface area contributed by atoms with Gasteiger partial charge in [-0.05, 0) is 37.7 Å². The van der Waals surface area contributed by atoms with Gasteiger partial charge in [-0.2, -0.15) is 0 Å². The maximum atomic E-state index is 11.5. The molecule has 0 fully saturated rings. The number of rotatable bonds is 5. The summed E-state index contributed by atoms with van der Waals surface area (Å²) in [7, 11) is 4.47. The molecular formula is C19H27N2O2+. The van der Waals surface area contributed by atoms with Crippen molar-refractivity contribution in [1.29, 1.82) is 0 Å². The quantitative estimate of drug-likeness (QED) is 0.821. The lowest BCUT2D eigenvalue weighted by Crippen LogP contribution is -2.43. The maximum absolute atomic E-state index is 11.5. The fourth-order valence-corrected chi connectivity index (χ4v) is 4.66. The Labute approximate surface area is 138 Å². The summed E-state index contributed by atoms with van der Waals surface area (Å²) in [6.07, 6.45) is 4.16. The van der Waals surface area contributed by atoms with Gasteiger partial charge >= 0.3 is 0 Å². The van der Waals surface area contributed by atoms with Crippen molar-refractivity contribution in [2.45, 2.75) is 32.1 Å². The lowest BCUT2D eigenvalue weighted by Gasteiger charge is -2.38. The van der Waals surface area contributed by atoms with Gasteiger partial charge in [-0.3, -0.25) is 9.28 Å². The fourth-order valence-electron chi connectivity index (χ4n) is 4.66. The molecule has 2 aliphatic rings. The van der Waals surface area contributed by atoms with E-state index >= 15 is 0 Å². The predicted molar refractivity (Wildman–Crippen MR) is 93.3 cm³/mol. The third kappa shape index (κ3) is 2.70. The molecule has 124 valence electrons. The summed E-state index contributed by atoms with van der Waals surface area (Å²) in [5, 5.41) is 9.30. The topological polar surface area (TPSA) is 63.3 Å². The Morgan fingerprint density at radius 1 is 1.35 bits per heavy atom. The van der Waals surface area contributed by atoms with Gasteiger partial charge in [0.05, 0.1) is 14.1 Å². The first-order valence-electron chi connectivity index (χ1n) is 8.53. The molecule has 0 radical (unpaired) electrons. The highest BCUT2D eigenvalue weighted by atomic mass is 16.2. The van der Waals surface area contributed by atoms with Crippen LogP contribution in [0.25, 0.3) is 5.57 Å². The molecule has 1 heterocycles. The first-order chi connectivity index (χ1) is 11.0. The average Bonchev–Trinajstić information content (AvgIpc) is 2.75. The summed E-state index contributed by atoms with van der Waals surface area (Å²) < 4.78 is 0.761. The smallest absolute Gasteiger partial charge is 0.217 e. The van der Waals surface area contributed by atoms with Crippen LogP contribution in [-0.2, 0) is 4.79 Å². The van der Waals surface area contributed by atoms with Crippen LogP contribution < -0.4 is 10.2 Å². The number of quaternary nitrogens is 1. The molecule has 3 rings (SSSR count). The van der Waals surface area contributed by atoms with Crippen LogP contribution >= 0.6 is 0 Å². The number of nitrogens with two attached hydrogens (primary N) is 1. The minimum absolute atomic E-state index is 0.197. The Hall–Kier alpha value is -1.65. The number of hydrogen-bond donors (Lipinski definition) is 2. The number of nitrogens with zero attached hydrogens (tertiary/aromatic N) is 1. The van der Waals surface area contributed by atoms with E-state index in [1.807, 2.05) is 0 Å². The highest BCUT2D eigenvalue weighted by molar-refractivity contribution is 5.86. The van der Waals surface area contributed by atoms with Crippen LogP contribution in [0.5, 0.6) is 0 Å². The molecule has 1 amide bonds. The van der Waals surface area contributed by atoms with Crippen LogP contribution in [0.1, 0.15) is 37.7 Å². The molecular weight excluding hydrogens is 288 g/mol. The van der Waals surface area contributed by atoms with E-state index in [4.69, 9.17) is 5.73 Å². The van der Waals surface area contributed by atoms with Gasteiger partial charge < -0.3 is 10.8 Å². The molecule has 3 N–H and O–H groups in total. The number of para-hydroxylation sites is 1. The molecule has 2 unspecified atom stereocenters. The number of allylic oxidation sites excluding steroid dienone is 2. The monoisotopic (exact) mass is 315 g/mol. The van der Waals surface area contributed by atoms with Crippen molar-refractivity contribution in [3.63, 3.8) is 0 Å². The van der Waals surface area contributed by atoms with Crippen molar-refractivity contribution >= 4 is 17.2 Å². The van der Waals surface area contributed by atoms with Crippen molar-refractivity contribution < 1.29 is 9.90 Å². The molecule has 2 atom stereocenters. The van der Waals surface area contributed by atoms with E-state index in [1.54, 1.807) is 0 Å². The first-order valence-corrected chi connectivity index (χ1v) is 8.53. The number of aliphatic hydroxyl groups excluding tert-OH is 1. The molecule has 23 heavy (non-hydrogen) atoms. The molecule has 4 heteroatoms. The molecule has 0 spiro atoms. The second-order valence-electron chi connectivity index (χ2n) is 7.28. The number of benzene rings is 1. The summed E-state index contributed by atoms with van der Waals surface area (Å²) in [6.45, 7) is 0.197. The molecule has 4 nitrogen and oxygen atoms in total. The number of fused-ring (bicyclic) bond motifs is 2. The van der Waals surface area contributed by atoms with Crippen LogP contribution in [0, 0.1) is 11.8 Å². The Bertz CT molecular complexity index is 649. The normalized spacial score (nSPS) is 25.2. The summed E-state index contributed by atoms with van der Waals surface area (Å²) in [5.74, 6) is 0.402. The number of carbonyl (C=O) groups is 1. The number of hydrogen-bond acceptors (Lipinski definition) is 2. The van der Waals surface area contributed by atoms with Gasteiger partial charge in [-0.1, -0.05) is 12.1 Å². The number of aliphatic hydroxyl groups is 1. The van der Waals surface area contributed by atoms with Gasteiger partial charge in [0, 0.05) is 36.1 Å². The van der Waals surface area contributed by atoms with E-state index in [1.165, 1.54) is 22.5 Å². The van der Waals surface area contributed by atoms with E-state index in [9.17, 15) is 9.90 Å². The molecule has 0 saturated heterocycles. The van der Waals surface area contributed by atoms with Crippen LogP contribution in [0.15, 0.2) is 30.0 Å². The zero-order valence-electron chi connectivity index (χ0n) is 14.1. The first kappa shape index (κ1) is 16.2. The molecule has 1 aliphatic carbocycles. The van der Waals surface area contributed by atoms with E-state index < -0.39 is 0 Å². The molecule has 0 saturated carbocycles. The maximum Gasteiger partial charge on any atom is 0.217 e. The van der Waals surface area contributed by atoms with Crippen LogP contribution in [0.3, 0.4) is 0 Å². The molecule has 1 aliphatic heterocycles. The number of amides is 1. The molecule has 1 aromatic carbocycles. The van der Waals surface area contributed by atoms with Gasteiger partial charge in [0.2, 0.25) is 5.91 Å². The minimum Gasteiger partial charge on any atom is -0.396 e. The van der Waals surface area contributed by atoms with E-state index in [0.29, 0.717) is 18.3 Å². The van der Waals surface area contributed by atoms with E-state index in [-0.39, 0.29) is 12.5 Å². The van der Waals surface area contributed by atoms with Crippen molar-refractivity contribution in [2.24, 2.45) is 17.6 Å². The summed E-state index contributed by atoms with van der Waals surface area (Å²) in [5.41, 5.74) is 11.1. The predicted octanol–water partition coefficient (Wildman–Crippen LogP) is 2.65. The van der Waals surface area contributed by atoms with Gasteiger partial charge in [0.25, 0.3) is 0 Å². The fraction of sp³-hybridized carbons (Fsp3) is 0.526. The highest BCUT2D eigenvalue weighted by Crippen LogP contribution is 2.53. The zero-order valence-corrected chi connectivity index (χ0v) is 14.1. The summed E-state index contributed by atoms with van der Waals surface area (Å²) in [6, 6.07) is 8.63. The van der Waals surface area contributed by atoms with Gasteiger partial charge in [-0.15, -0.1) is 0 Å². The molecule has 1 aromatic rings. The Kier molecular flexibility index (Phi) is 4.30. The molecule has 0 bridgehead atoms. The summed E-state index contributed by atoms with van der Waals surface area (Å²) in [4.78, 5) is 11.5. The highest BCUT2D eigenvalue weighted by Gasteiger charge is 2.47. The van der Waals surface area contributed by atoms with E-state index in [2.05, 4.69) is 38.4 Å². The third-order valence-electron chi connectivity index (χ3n) is 5.56. The molecule has 0 aromatic heterocycles. The Morgan fingerprint density at radius 3 is 2.78 bits per heavy atom. The second kappa shape index (κ2) is 6.10. The standard InChI is InChI=1S/C19H26N2O2/c1-21(2)17-8-4-3-6-15(17)16-10-9-13(12-18(20)23)14(19(16)21)7-5-11-22/h3-4,6,8,13-14,22H,5,7,9-12H2,1-2H3,(H-,20,23)/p+1. The van der Waals surface area contributed by atoms with Crippen molar-refractivity contribution in [1.82, 2.24) is 4.48 Å². The average molecular weight is 315 g/mol. The summed E-state index contributed by atoms with van der Waals surface area (Å²) >= 11 is 0. The van der Waals surface area contributed by atoms with Crippen LogP contribution in [0.4, 0.5) is 5.69 Å². The largest absolute Gasteiger partial charge is 0.396 e. The number of carbonyl (C=O) groups excluding carboxylic acids is 1. The third-order valence-corrected chi connectivity index (χ3v) is 5.56. The number of primary amides is 1. The van der Waals surface area contributed by atoms with Gasteiger partial charge in [0.1, 0.15) is 11.4 Å². The SMILES string of the molecule is C[N+]1(C)C2=C(CCC(CC(N)=O)C2CCCO)c2ccccc21. The van der Waals surface area contributed by atoms with Gasteiger partial charge in [-0.25, -0.2) is 0 Å². The lowest BCUT2D eigenvalue weighted by atomic mass is 9.73. The van der Waals surface area contributed by atoms with Crippen molar-refractivity contribution in [3.05, 3.63) is 35.5 Å². The van der Waals surface area contributed by atoms with Crippen LogP contribution in [0.2, 0.25) is 0 Å². The minimum atomic E-state index is -0.214. The van der Waals surface area contributed by atoms with E-state index in [0.717, 1.165) is 30.2 Å². The van der Waals surface area contributed by atoms with Gasteiger partial charge in [0.15, 0.2) is 0 Å². The van der Waals surface area contributed by atoms with Crippen molar-refractivity contribution in [2.75, 3.05) is 20.7 Å². The van der Waals surface area contributed by atoms with Crippen LogP contribution in [-0.4, -0.2) is 31.7 Å². The second-order valence-corrected chi connectivity index (χ2v) is 7.28. The lowest BCUT2D eigenvalue weighted by molar-refractivity contribution is -0.119. The zero-order chi connectivity index (χ0) is 16.6. The van der Waals surface area contributed by atoms with Crippen molar-refractivity contribution in [3.8, 4) is 0 Å².